The maximum atomic E-state index is 13.9. The van der Waals surface area contributed by atoms with Crippen molar-refractivity contribution in [2.24, 2.45) is 4.99 Å². The smallest absolute Gasteiger partial charge is 0.157 e. The maximum Gasteiger partial charge on any atom is 0.157 e. The van der Waals surface area contributed by atoms with Gasteiger partial charge in [-0.05, 0) is 13.3 Å². The van der Waals surface area contributed by atoms with Crippen molar-refractivity contribution >= 4 is 33.7 Å². The molecule has 0 unspecified atom stereocenters. The van der Waals surface area contributed by atoms with Gasteiger partial charge in [-0.1, -0.05) is 41.7 Å². The summed E-state index contributed by atoms with van der Waals surface area (Å²) >= 11 is 1.55. The highest BCUT2D eigenvalue weighted by molar-refractivity contribution is 7.18. The number of allylic oxidation sites excluding steroid dienone is 1. The normalized spacial score (nSPS) is 13.7. The number of aromatic nitrogens is 5. The Kier molecular flexibility index (Phi) is 7.20. The number of aliphatic imine (C=N–C) groups is 1. The molecule has 35 heavy (non-hydrogen) atoms. The van der Waals surface area contributed by atoms with E-state index in [1.807, 2.05) is 18.2 Å². The first-order chi connectivity index (χ1) is 17.2. The summed E-state index contributed by atoms with van der Waals surface area (Å²) in [7, 11) is 0. The summed E-state index contributed by atoms with van der Waals surface area (Å²) < 4.78 is 13.9. The highest BCUT2D eigenvalue weighted by Gasteiger charge is 2.14. The number of aryl methyl sites for hydroxylation is 1. The van der Waals surface area contributed by atoms with E-state index in [2.05, 4.69) is 49.6 Å². The fourth-order valence-corrected chi connectivity index (χ4v) is 4.87. The Hall–Kier alpha value is -3.50. The first-order valence-corrected chi connectivity index (χ1v) is 12.5. The number of rotatable bonds is 10. The lowest BCUT2D eigenvalue weighted by molar-refractivity contribution is 0.575. The van der Waals surface area contributed by atoms with Crippen LogP contribution in [0.15, 0.2) is 53.2 Å². The lowest BCUT2D eigenvalue weighted by atomic mass is 10.1. The molecule has 10 heteroatoms. The second-order valence-electron chi connectivity index (χ2n) is 8.31. The predicted octanol–water partition coefficient (Wildman–Crippen LogP) is 4.62. The average molecular weight is 491 g/mol. The Labute approximate surface area is 206 Å². The molecular formula is C25H27FN8S. The molecule has 3 aromatic heterocycles. The van der Waals surface area contributed by atoms with Gasteiger partial charge in [0.1, 0.15) is 28.3 Å². The lowest BCUT2D eigenvalue weighted by Crippen LogP contribution is -2.20. The third-order valence-corrected chi connectivity index (χ3v) is 6.77. The van der Waals surface area contributed by atoms with E-state index < -0.39 is 0 Å². The molecule has 1 aliphatic rings. The van der Waals surface area contributed by atoms with E-state index in [0.29, 0.717) is 29.9 Å². The molecule has 0 radical (unpaired) electrons. The highest BCUT2D eigenvalue weighted by Crippen LogP contribution is 2.26. The van der Waals surface area contributed by atoms with Crippen LogP contribution in [0, 0.1) is 6.92 Å². The zero-order chi connectivity index (χ0) is 24.0. The topological polar surface area (TPSA) is 104 Å². The molecule has 0 saturated carbocycles. The molecule has 1 aliphatic heterocycles. The molecule has 5 rings (SSSR count). The molecule has 8 nitrogen and oxygen atoms in total. The van der Waals surface area contributed by atoms with E-state index in [1.165, 1.54) is 6.33 Å². The number of anilines is 1. The van der Waals surface area contributed by atoms with Crippen LogP contribution < -0.4 is 10.6 Å². The number of thiazole rings is 1. The van der Waals surface area contributed by atoms with Gasteiger partial charge in [-0.25, -0.2) is 24.3 Å². The van der Waals surface area contributed by atoms with Crippen LogP contribution in [0.2, 0.25) is 0 Å². The number of benzene rings is 1. The Morgan fingerprint density at radius 1 is 1.09 bits per heavy atom. The van der Waals surface area contributed by atoms with Crippen LogP contribution in [0.1, 0.15) is 29.4 Å². The van der Waals surface area contributed by atoms with Crippen molar-refractivity contribution in [2.75, 3.05) is 25.0 Å². The van der Waals surface area contributed by atoms with Gasteiger partial charge in [0.15, 0.2) is 5.82 Å². The number of nitrogens with zero attached hydrogens (tertiary/aromatic N) is 5. The Morgan fingerprint density at radius 2 is 1.94 bits per heavy atom. The summed E-state index contributed by atoms with van der Waals surface area (Å²) in [4.78, 5) is 26.5. The molecule has 0 spiro atoms. The summed E-state index contributed by atoms with van der Waals surface area (Å²) in [5.74, 6) is 1.42. The van der Waals surface area contributed by atoms with E-state index in [4.69, 9.17) is 9.97 Å². The number of aromatic amines is 1. The summed E-state index contributed by atoms with van der Waals surface area (Å²) in [6.07, 6.45) is 5.92. The summed E-state index contributed by atoms with van der Waals surface area (Å²) in [6.45, 7) is 3.95. The average Bonchev–Trinajstić information content (AvgIpc) is 3.47. The van der Waals surface area contributed by atoms with Gasteiger partial charge < -0.3 is 15.6 Å². The third-order valence-electron chi connectivity index (χ3n) is 5.75. The molecule has 180 valence electrons. The van der Waals surface area contributed by atoms with Gasteiger partial charge in [-0.15, -0.1) is 0 Å². The lowest BCUT2D eigenvalue weighted by Gasteiger charge is -2.10. The van der Waals surface area contributed by atoms with Gasteiger partial charge in [0.25, 0.3) is 0 Å². The maximum absolute atomic E-state index is 13.9. The van der Waals surface area contributed by atoms with Gasteiger partial charge in [-0.3, -0.25) is 4.99 Å². The minimum atomic E-state index is -0.170. The first kappa shape index (κ1) is 23.3. The van der Waals surface area contributed by atoms with Crippen molar-refractivity contribution < 1.29 is 4.39 Å². The molecule has 0 amide bonds. The van der Waals surface area contributed by atoms with Crippen LogP contribution in [0.4, 0.5) is 10.2 Å². The van der Waals surface area contributed by atoms with E-state index in [0.717, 1.165) is 58.5 Å². The zero-order valence-electron chi connectivity index (χ0n) is 19.5. The van der Waals surface area contributed by atoms with Crippen molar-refractivity contribution in [3.63, 3.8) is 0 Å². The quantitative estimate of drug-likeness (QED) is 0.280. The Morgan fingerprint density at radius 3 is 2.80 bits per heavy atom. The van der Waals surface area contributed by atoms with E-state index in [9.17, 15) is 4.39 Å². The Bertz CT molecular complexity index is 1360. The minimum Gasteiger partial charge on any atom is -0.362 e. The molecule has 4 aromatic rings. The summed E-state index contributed by atoms with van der Waals surface area (Å²) in [6, 6.07) is 10.2. The molecule has 0 atom stereocenters. The Balaban J connectivity index is 1.13. The molecular weight excluding hydrogens is 463 g/mol. The fourth-order valence-electron chi connectivity index (χ4n) is 3.97. The molecule has 1 aromatic carbocycles. The van der Waals surface area contributed by atoms with Crippen molar-refractivity contribution in [3.05, 3.63) is 64.7 Å². The standard InChI is InChI=1S/C25H27FN8S/c1-16-22(17-6-3-2-4-7-17)33-20(32-16)9-12-27-13-10-21-34-23-24(30-15-31-25(23)35-21)29-14-19-18(26)8-5-11-28-19/h2-4,6-7,11,15,27H,5,8-10,12-14H2,1H3,(H,32,33)(H,29,30,31). The second-order valence-corrected chi connectivity index (χ2v) is 9.37. The molecule has 3 N–H and O–H groups in total. The first-order valence-electron chi connectivity index (χ1n) is 11.7. The molecule has 4 heterocycles. The second kappa shape index (κ2) is 10.8. The van der Waals surface area contributed by atoms with Gasteiger partial charge in [0, 0.05) is 49.8 Å². The molecule has 0 saturated heterocycles. The van der Waals surface area contributed by atoms with E-state index >= 15 is 0 Å². The molecule has 0 fully saturated rings. The number of hydrogen-bond donors (Lipinski definition) is 3. The van der Waals surface area contributed by atoms with Crippen LogP contribution in [-0.4, -0.2) is 50.8 Å². The number of halogens is 1. The zero-order valence-corrected chi connectivity index (χ0v) is 20.3. The fraction of sp³-hybridized carbons (Fsp3) is 0.320. The van der Waals surface area contributed by atoms with Crippen molar-refractivity contribution in [2.45, 2.75) is 32.6 Å². The van der Waals surface area contributed by atoms with Gasteiger partial charge in [-0.2, -0.15) is 0 Å². The number of nitrogens with one attached hydrogen (secondary N) is 3. The monoisotopic (exact) mass is 490 g/mol. The predicted molar refractivity (Wildman–Crippen MR) is 139 cm³/mol. The largest absolute Gasteiger partial charge is 0.362 e. The van der Waals surface area contributed by atoms with E-state index in [1.54, 1.807) is 17.6 Å². The van der Waals surface area contributed by atoms with Crippen molar-refractivity contribution in [3.8, 4) is 11.3 Å². The van der Waals surface area contributed by atoms with Crippen LogP contribution in [0.5, 0.6) is 0 Å². The van der Waals surface area contributed by atoms with Crippen LogP contribution >= 0.6 is 11.3 Å². The highest BCUT2D eigenvalue weighted by atomic mass is 32.1. The number of imidazole rings is 1. The molecule has 0 aliphatic carbocycles. The number of fused-ring (bicyclic) bond motifs is 1. The van der Waals surface area contributed by atoms with Gasteiger partial charge in [0.2, 0.25) is 0 Å². The van der Waals surface area contributed by atoms with Crippen LogP contribution in [-0.2, 0) is 12.8 Å². The minimum absolute atomic E-state index is 0.170. The van der Waals surface area contributed by atoms with Crippen molar-refractivity contribution in [1.82, 2.24) is 30.2 Å². The van der Waals surface area contributed by atoms with Crippen LogP contribution in [0.25, 0.3) is 21.6 Å². The van der Waals surface area contributed by atoms with Gasteiger partial charge in [0.05, 0.1) is 22.9 Å². The van der Waals surface area contributed by atoms with Crippen LogP contribution in [0.3, 0.4) is 0 Å². The number of hydrogen-bond acceptors (Lipinski definition) is 8. The van der Waals surface area contributed by atoms with E-state index in [-0.39, 0.29) is 12.4 Å². The summed E-state index contributed by atoms with van der Waals surface area (Å²) in [5.41, 5.74) is 4.36. The molecule has 0 bridgehead atoms. The summed E-state index contributed by atoms with van der Waals surface area (Å²) in [5, 5.41) is 7.63. The number of H-pyrrole nitrogens is 1. The van der Waals surface area contributed by atoms with Crippen molar-refractivity contribution in [1.29, 1.82) is 0 Å². The van der Waals surface area contributed by atoms with Gasteiger partial charge >= 0.3 is 0 Å². The third kappa shape index (κ3) is 5.60. The SMILES string of the molecule is Cc1[nH]c(CCNCCc2nc3c(NCC4=C(F)CCC=N4)ncnc3s2)nc1-c1ccccc1.